The number of nitrogen functional groups attached to an aromatic ring is 1. The standard InChI is InChI=1S/C20H18N4O3S/c21-15-8-12(7-14(9-15)18(22)25)11-23-19(26)13-3-1-4-16(10-13)24-20(27)17-5-2-6-28-17/h1-10H,11,21H2,(H2,22,25)(H,23,26)(H,24,27). The lowest BCUT2D eigenvalue weighted by atomic mass is 10.1. The number of carbonyl (C=O) groups excluding carboxylic acids is 3. The lowest BCUT2D eigenvalue weighted by molar-refractivity contribution is 0.0949. The van der Waals surface area contributed by atoms with Gasteiger partial charge in [-0.15, -0.1) is 11.3 Å². The number of carbonyl (C=O) groups is 3. The van der Waals surface area contributed by atoms with Crippen LogP contribution in [0, 0.1) is 0 Å². The van der Waals surface area contributed by atoms with Crippen LogP contribution in [0.3, 0.4) is 0 Å². The number of nitrogens with one attached hydrogen (secondary N) is 2. The van der Waals surface area contributed by atoms with E-state index in [2.05, 4.69) is 10.6 Å². The summed E-state index contributed by atoms with van der Waals surface area (Å²) in [5.74, 6) is -1.14. The van der Waals surface area contributed by atoms with Gasteiger partial charge in [0.25, 0.3) is 11.8 Å². The summed E-state index contributed by atoms with van der Waals surface area (Å²) in [5.41, 5.74) is 13.3. The summed E-state index contributed by atoms with van der Waals surface area (Å²) in [6.07, 6.45) is 0. The van der Waals surface area contributed by atoms with Gasteiger partial charge in [-0.2, -0.15) is 0 Å². The Kier molecular flexibility index (Phi) is 5.71. The molecule has 0 atom stereocenters. The van der Waals surface area contributed by atoms with Crippen molar-refractivity contribution in [2.45, 2.75) is 6.54 Å². The van der Waals surface area contributed by atoms with E-state index in [9.17, 15) is 14.4 Å². The first kappa shape index (κ1) is 19.1. The van der Waals surface area contributed by atoms with E-state index in [1.807, 2.05) is 5.38 Å². The molecule has 1 aromatic heterocycles. The van der Waals surface area contributed by atoms with Crippen molar-refractivity contribution < 1.29 is 14.4 Å². The fraction of sp³-hybridized carbons (Fsp3) is 0.0500. The fourth-order valence-electron chi connectivity index (χ4n) is 2.59. The monoisotopic (exact) mass is 394 g/mol. The highest BCUT2D eigenvalue weighted by molar-refractivity contribution is 7.12. The van der Waals surface area contributed by atoms with Gasteiger partial charge in [0.2, 0.25) is 5.91 Å². The van der Waals surface area contributed by atoms with Crippen LogP contribution in [0.15, 0.2) is 60.0 Å². The third-order valence-corrected chi connectivity index (χ3v) is 4.75. The average Bonchev–Trinajstić information content (AvgIpc) is 3.21. The molecule has 3 amide bonds. The summed E-state index contributed by atoms with van der Waals surface area (Å²) in [7, 11) is 0. The van der Waals surface area contributed by atoms with Crippen molar-refractivity contribution in [3.63, 3.8) is 0 Å². The molecule has 0 aliphatic heterocycles. The van der Waals surface area contributed by atoms with Crippen LogP contribution in [0.2, 0.25) is 0 Å². The predicted molar refractivity (Wildman–Crippen MR) is 109 cm³/mol. The molecule has 0 radical (unpaired) electrons. The lowest BCUT2D eigenvalue weighted by Crippen LogP contribution is -2.23. The van der Waals surface area contributed by atoms with E-state index in [1.54, 1.807) is 48.5 Å². The zero-order valence-electron chi connectivity index (χ0n) is 14.8. The molecule has 0 saturated carbocycles. The molecule has 3 aromatic rings. The molecule has 142 valence electrons. The van der Waals surface area contributed by atoms with Crippen LogP contribution in [-0.2, 0) is 6.54 Å². The lowest BCUT2D eigenvalue weighted by Gasteiger charge is -2.09. The predicted octanol–water partition coefficient (Wildman–Crippen LogP) is 2.61. The molecule has 0 saturated heterocycles. The van der Waals surface area contributed by atoms with E-state index in [0.29, 0.717) is 27.4 Å². The van der Waals surface area contributed by atoms with E-state index >= 15 is 0 Å². The minimum absolute atomic E-state index is 0.177. The smallest absolute Gasteiger partial charge is 0.265 e. The van der Waals surface area contributed by atoms with Crippen LogP contribution < -0.4 is 22.1 Å². The summed E-state index contributed by atoms with van der Waals surface area (Å²) in [4.78, 5) is 36.5. The van der Waals surface area contributed by atoms with Crippen LogP contribution in [0.4, 0.5) is 11.4 Å². The van der Waals surface area contributed by atoms with Gasteiger partial charge >= 0.3 is 0 Å². The van der Waals surface area contributed by atoms with Gasteiger partial charge in [0, 0.05) is 29.0 Å². The van der Waals surface area contributed by atoms with Crippen molar-refractivity contribution in [2.24, 2.45) is 5.73 Å². The van der Waals surface area contributed by atoms with Crippen LogP contribution >= 0.6 is 11.3 Å². The van der Waals surface area contributed by atoms with E-state index in [-0.39, 0.29) is 23.9 Å². The first-order valence-corrected chi connectivity index (χ1v) is 9.23. The summed E-state index contributed by atoms with van der Waals surface area (Å²) < 4.78 is 0. The van der Waals surface area contributed by atoms with Crippen molar-refractivity contribution in [3.8, 4) is 0 Å². The second kappa shape index (κ2) is 8.36. The van der Waals surface area contributed by atoms with E-state index in [4.69, 9.17) is 11.5 Å². The van der Waals surface area contributed by atoms with Crippen molar-refractivity contribution >= 4 is 40.4 Å². The molecule has 0 bridgehead atoms. The molecule has 28 heavy (non-hydrogen) atoms. The highest BCUT2D eigenvalue weighted by Gasteiger charge is 2.11. The molecule has 0 aliphatic carbocycles. The Bertz CT molecular complexity index is 1030. The highest BCUT2D eigenvalue weighted by Crippen LogP contribution is 2.16. The molecular formula is C20H18N4O3S. The highest BCUT2D eigenvalue weighted by atomic mass is 32.1. The van der Waals surface area contributed by atoms with E-state index < -0.39 is 5.91 Å². The molecular weight excluding hydrogens is 376 g/mol. The van der Waals surface area contributed by atoms with Gasteiger partial charge in [-0.05, 0) is 53.4 Å². The van der Waals surface area contributed by atoms with Gasteiger partial charge in [0.1, 0.15) is 0 Å². The number of hydrogen-bond acceptors (Lipinski definition) is 5. The summed E-state index contributed by atoms with van der Waals surface area (Å²) in [6, 6.07) is 14.9. The number of rotatable bonds is 6. The SMILES string of the molecule is NC(=O)c1cc(N)cc(CNC(=O)c2cccc(NC(=O)c3cccs3)c2)c1. The maximum atomic E-state index is 12.4. The van der Waals surface area contributed by atoms with Crippen LogP contribution in [0.25, 0.3) is 0 Å². The van der Waals surface area contributed by atoms with Crippen molar-refractivity contribution in [1.29, 1.82) is 0 Å². The Hall–Kier alpha value is -3.65. The minimum atomic E-state index is -0.589. The maximum Gasteiger partial charge on any atom is 0.265 e. The molecule has 0 spiro atoms. The topological polar surface area (TPSA) is 127 Å². The van der Waals surface area contributed by atoms with Gasteiger partial charge < -0.3 is 22.1 Å². The Morgan fingerprint density at radius 1 is 0.929 bits per heavy atom. The molecule has 2 aromatic carbocycles. The third kappa shape index (κ3) is 4.74. The Labute approximate surface area is 165 Å². The maximum absolute atomic E-state index is 12.4. The second-order valence-corrected chi connectivity index (χ2v) is 6.97. The van der Waals surface area contributed by atoms with Gasteiger partial charge in [-0.3, -0.25) is 14.4 Å². The van der Waals surface area contributed by atoms with Crippen molar-refractivity contribution in [1.82, 2.24) is 5.32 Å². The fourth-order valence-corrected chi connectivity index (χ4v) is 3.20. The Morgan fingerprint density at radius 2 is 1.75 bits per heavy atom. The third-order valence-electron chi connectivity index (χ3n) is 3.88. The number of hydrogen-bond donors (Lipinski definition) is 4. The van der Waals surface area contributed by atoms with Gasteiger partial charge in [0.05, 0.1) is 4.88 Å². The van der Waals surface area contributed by atoms with E-state index in [1.165, 1.54) is 17.4 Å². The van der Waals surface area contributed by atoms with Crippen molar-refractivity contribution in [2.75, 3.05) is 11.1 Å². The van der Waals surface area contributed by atoms with Crippen LogP contribution in [0.5, 0.6) is 0 Å². The molecule has 3 rings (SSSR count). The largest absolute Gasteiger partial charge is 0.399 e. The average molecular weight is 394 g/mol. The van der Waals surface area contributed by atoms with Gasteiger partial charge in [0.15, 0.2) is 0 Å². The number of benzene rings is 2. The summed E-state index contributed by atoms with van der Waals surface area (Å²) in [6.45, 7) is 0.177. The second-order valence-electron chi connectivity index (χ2n) is 6.02. The molecule has 0 fully saturated rings. The number of primary amides is 1. The zero-order chi connectivity index (χ0) is 20.1. The van der Waals surface area contributed by atoms with Crippen molar-refractivity contribution in [3.05, 3.63) is 81.5 Å². The first-order valence-electron chi connectivity index (χ1n) is 8.35. The number of amides is 3. The molecule has 0 unspecified atom stereocenters. The molecule has 0 aliphatic rings. The molecule has 1 heterocycles. The Morgan fingerprint density at radius 3 is 2.46 bits per heavy atom. The molecule has 7 nitrogen and oxygen atoms in total. The van der Waals surface area contributed by atoms with Gasteiger partial charge in [-0.1, -0.05) is 12.1 Å². The summed E-state index contributed by atoms with van der Waals surface area (Å²) >= 11 is 1.34. The van der Waals surface area contributed by atoms with Crippen LogP contribution in [-0.4, -0.2) is 17.7 Å². The molecule has 8 heteroatoms. The van der Waals surface area contributed by atoms with Gasteiger partial charge in [-0.25, -0.2) is 0 Å². The number of nitrogens with two attached hydrogens (primary N) is 2. The quantitative estimate of drug-likeness (QED) is 0.479. The first-order chi connectivity index (χ1) is 13.4. The zero-order valence-corrected chi connectivity index (χ0v) is 15.6. The van der Waals surface area contributed by atoms with E-state index in [0.717, 1.165) is 0 Å². The molecule has 6 N–H and O–H groups in total. The normalized spacial score (nSPS) is 10.3. The number of anilines is 2. The summed E-state index contributed by atoms with van der Waals surface area (Å²) in [5, 5.41) is 7.34. The van der Waals surface area contributed by atoms with Crippen LogP contribution in [0.1, 0.15) is 36.0 Å². The minimum Gasteiger partial charge on any atom is -0.399 e. The number of thiophene rings is 1. The Balaban J connectivity index is 1.66.